The van der Waals surface area contributed by atoms with Gasteiger partial charge in [-0.15, -0.1) is 0 Å². The zero-order valence-electron chi connectivity index (χ0n) is 18.9. The lowest BCUT2D eigenvalue weighted by atomic mass is 9.98. The van der Waals surface area contributed by atoms with Crippen LogP contribution in [0.3, 0.4) is 0 Å². The summed E-state index contributed by atoms with van der Waals surface area (Å²) in [5.74, 6) is 1.11. The standard InChI is InChI=1S/C27H24ClNO4/c1-16-9-10-18(12-23(16)28)29-27(30)11-17(2)20-13-21-22(15-33-26(21)14-25(20)32-4)19-7-5-6-8-24(19)31-3/h5-15H,1-4H3,(H,29,30)/b17-11+. The number of furan rings is 1. The predicted octanol–water partition coefficient (Wildman–Crippen LogP) is 7.12. The van der Waals surface area contributed by atoms with Crippen LogP contribution in [-0.2, 0) is 4.79 Å². The number of benzene rings is 3. The molecule has 3 aromatic carbocycles. The van der Waals surface area contributed by atoms with Gasteiger partial charge in [-0.2, -0.15) is 0 Å². The van der Waals surface area contributed by atoms with E-state index in [-0.39, 0.29) is 5.91 Å². The molecule has 0 saturated heterocycles. The summed E-state index contributed by atoms with van der Waals surface area (Å²) in [7, 11) is 3.23. The van der Waals surface area contributed by atoms with Crippen LogP contribution in [0.5, 0.6) is 11.5 Å². The van der Waals surface area contributed by atoms with Gasteiger partial charge in [0.05, 0.1) is 20.5 Å². The minimum atomic E-state index is -0.258. The first kappa shape index (κ1) is 22.5. The van der Waals surface area contributed by atoms with Crippen LogP contribution >= 0.6 is 11.6 Å². The number of hydrogen-bond acceptors (Lipinski definition) is 4. The van der Waals surface area contributed by atoms with E-state index in [1.165, 1.54) is 0 Å². The van der Waals surface area contributed by atoms with Gasteiger partial charge in [-0.25, -0.2) is 0 Å². The maximum atomic E-state index is 12.7. The minimum absolute atomic E-state index is 0.258. The molecule has 168 valence electrons. The normalized spacial score (nSPS) is 11.5. The number of aryl methyl sites for hydroxylation is 1. The van der Waals surface area contributed by atoms with E-state index in [0.717, 1.165) is 39.0 Å². The number of carbonyl (C=O) groups excluding carboxylic acids is 1. The first-order chi connectivity index (χ1) is 15.9. The highest BCUT2D eigenvalue weighted by molar-refractivity contribution is 6.31. The molecule has 33 heavy (non-hydrogen) atoms. The smallest absolute Gasteiger partial charge is 0.248 e. The molecule has 0 aliphatic carbocycles. The van der Waals surface area contributed by atoms with E-state index in [9.17, 15) is 4.79 Å². The molecule has 0 aliphatic rings. The van der Waals surface area contributed by atoms with Crippen molar-refractivity contribution in [2.24, 2.45) is 0 Å². The molecular weight excluding hydrogens is 438 g/mol. The summed E-state index contributed by atoms with van der Waals surface area (Å²) < 4.78 is 16.9. The van der Waals surface area contributed by atoms with Crippen LogP contribution in [0.2, 0.25) is 5.02 Å². The van der Waals surface area contributed by atoms with Crippen molar-refractivity contribution in [2.45, 2.75) is 13.8 Å². The molecule has 0 unspecified atom stereocenters. The van der Waals surface area contributed by atoms with Gasteiger partial charge in [-0.05, 0) is 49.2 Å². The first-order valence-corrected chi connectivity index (χ1v) is 10.8. The molecule has 0 aliphatic heterocycles. The van der Waals surface area contributed by atoms with Crippen LogP contribution in [0, 0.1) is 6.92 Å². The van der Waals surface area contributed by atoms with Gasteiger partial charge in [0.1, 0.15) is 17.1 Å². The Morgan fingerprint density at radius 1 is 1.00 bits per heavy atom. The number of carbonyl (C=O) groups is 1. The number of anilines is 1. The fourth-order valence-corrected chi connectivity index (χ4v) is 3.91. The van der Waals surface area contributed by atoms with Gasteiger partial charge >= 0.3 is 0 Å². The Kier molecular flexibility index (Phi) is 6.43. The highest BCUT2D eigenvalue weighted by Crippen LogP contribution is 2.40. The van der Waals surface area contributed by atoms with Crippen molar-refractivity contribution in [1.29, 1.82) is 0 Å². The van der Waals surface area contributed by atoms with Crippen molar-refractivity contribution in [3.63, 3.8) is 0 Å². The Morgan fingerprint density at radius 2 is 1.76 bits per heavy atom. The molecule has 4 rings (SSSR count). The number of fused-ring (bicyclic) bond motifs is 1. The number of ether oxygens (including phenoxy) is 2. The molecule has 6 heteroatoms. The second-order valence-electron chi connectivity index (χ2n) is 7.68. The molecule has 0 fully saturated rings. The summed E-state index contributed by atoms with van der Waals surface area (Å²) in [4.78, 5) is 12.7. The number of para-hydroxylation sites is 1. The number of nitrogens with one attached hydrogen (secondary N) is 1. The summed E-state index contributed by atoms with van der Waals surface area (Å²) >= 11 is 6.17. The topological polar surface area (TPSA) is 60.7 Å². The summed E-state index contributed by atoms with van der Waals surface area (Å²) in [6.45, 7) is 3.78. The SMILES string of the molecule is COc1cc2occ(-c3ccccc3OC)c2cc1/C(C)=C/C(=O)Nc1ccc(C)c(Cl)c1. The van der Waals surface area contributed by atoms with Crippen LogP contribution in [0.15, 0.2) is 71.4 Å². The summed E-state index contributed by atoms with van der Waals surface area (Å²) in [6.07, 6.45) is 3.25. The maximum Gasteiger partial charge on any atom is 0.248 e. The molecule has 5 nitrogen and oxygen atoms in total. The zero-order chi connectivity index (χ0) is 23.5. The molecule has 0 atom stereocenters. The molecule has 1 amide bonds. The van der Waals surface area contributed by atoms with Crippen LogP contribution < -0.4 is 14.8 Å². The Balaban J connectivity index is 1.72. The minimum Gasteiger partial charge on any atom is -0.496 e. The lowest BCUT2D eigenvalue weighted by Crippen LogP contribution is -2.08. The number of amides is 1. The number of halogens is 1. The van der Waals surface area contributed by atoms with Crippen molar-refractivity contribution in [3.8, 4) is 22.6 Å². The number of methoxy groups -OCH3 is 2. The van der Waals surface area contributed by atoms with Gasteiger partial charge in [-0.1, -0.05) is 35.9 Å². The van der Waals surface area contributed by atoms with Gasteiger partial charge in [-0.3, -0.25) is 4.79 Å². The van der Waals surface area contributed by atoms with Crippen LogP contribution in [0.4, 0.5) is 5.69 Å². The average molecular weight is 462 g/mol. The monoisotopic (exact) mass is 461 g/mol. The van der Waals surface area contributed by atoms with Crippen LogP contribution in [0.1, 0.15) is 18.1 Å². The van der Waals surface area contributed by atoms with Crippen molar-refractivity contribution >= 4 is 39.7 Å². The molecule has 1 aromatic heterocycles. The van der Waals surface area contributed by atoms with Crippen LogP contribution in [0.25, 0.3) is 27.7 Å². The van der Waals surface area contributed by atoms with E-state index >= 15 is 0 Å². The fourth-order valence-electron chi connectivity index (χ4n) is 3.73. The second-order valence-corrected chi connectivity index (χ2v) is 8.09. The van der Waals surface area contributed by atoms with Crippen molar-refractivity contribution in [3.05, 3.63) is 83.1 Å². The largest absolute Gasteiger partial charge is 0.496 e. The zero-order valence-corrected chi connectivity index (χ0v) is 19.6. The summed E-state index contributed by atoms with van der Waals surface area (Å²) in [5.41, 5.74) is 5.63. The van der Waals surface area contributed by atoms with E-state index in [0.29, 0.717) is 22.0 Å². The quantitative estimate of drug-likeness (QED) is 0.310. The Hall–Kier alpha value is -3.70. The maximum absolute atomic E-state index is 12.7. The van der Waals surface area contributed by atoms with E-state index in [1.807, 2.05) is 62.4 Å². The average Bonchev–Trinajstić information content (AvgIpc) is 3.23. The fraction of sp³-hybridized carbons (Fsp3) is 0.148. The molecule has 4 aromatic rings. The third-order valence-corrected chi connectivity index (χ3v) is 5.91. The van der Waals surface area contributed by atoms with Crippen molar-refractivity contribution < 1.29 is 18.7 Å². The number of allylic oxidation sites excluding steroid dienone is 1. The van der Waals surface area contributed by atoms with Crippen LogP contribution in [-0.4, -0.2) is 20.1 Å². The van der Waals surface area contributed by atoms with Gasteiger partial charge < -0.3 is 19.2 Å². The number of hydrogen-bond donors (Lipinski definition) is 1. The van der Waals surface area contributed by atoms with Gasteiger partial charge in [0.2, 0.25) is 5.91 Å². The second kappa shape index (κ2) is 9.43. The van der Waals surface area contributed by atoms with Gasteiger partial charge in [0.25, 0.3) is 0 Å². The van der Waals surface area contributed by atoms with E-state index < -0.39 is 0 Å². The highest BCUT2D eigenvalue weighted by atomic mass is 35.5. The Labute approximate surface area is 197 Å². The molecule has 0 saturated carbocycles. The molecule has 1 heterocycles. The van der Waals surface area contributed by atoms with E-state index in [4.69, 9.17) is 25.5 Å². The highest BCUT2D eigenvalue weighted by Gasteiger charge is 2.17. The molecule has 1 N–H and O–H groups in total. The van der Waals surface area contributed by atoms with E-state index in [1.54, 1.807) is 32.6 Å². The summed E-state index contributed by atoms with van der Waals surface area (Å²) in [5, 5.41) is 4.36. The molecule has 0 spiro atoms. The lowest BCUT2D eigenvalue weighted by molar-refractivity contribution is -0.111. The first-order valence-electron chi connectivity index (χ1n) is 10.4. The number of rotatable bonds is 6. The van der Waals surface area contributed by atoms with Crippen molar-refractivity contribution in [1.82, 2.24) is 0 Å². The summed E-state index contributed by atoms with van der Waals surface area (Å²) in [6, 6.07) is 17.0. The molecule has 0 bridgehead atoms. The lowest BCUT2D eigenvalue weighted by Gasteiger charge is -2.11. The van der Waals surface area contributed by atoms with Gasteiger partial charge in [0, 0.05) is 44.9 Å². The third-order valence-electron chi connectivity index (χ3n) is 5.50. The van der Waals surface area contributed by atoms with Crippen molar-refractivity contribution in [2.75, 3.05) is 19.5 Å². The Morgan fingerprint density at radius 3 is 2.48 bits per heavy atom. The Bertz CT molecular complexity index is 1370. The molecular formula is C27H24ClNO4. The predicted molar refractivity (Wildman–Crippen MR) is 133 cm³/mol. The third kappa shape index (κ3) is 4.59. The molecule has 0 radical (unpaired) electrons. The van der Waals surface area contributed by atoms with E-state index in [2.05, 4.69) is 5.32 Å². The van der Waals surface area contributed by atoms with Gasteiger partial charge in [0.15, 0.2) is 0 Å².